The van der Waals surface area contributed by atoms with Gasteiger partial charge in [-0.3, -0.25) is 0 Å². The Morgan fingerprint density at radius 1 is 0.846 bits per heavy atom. The van der Waals surface area contributed by atoms with E-state index in [1.54, 1.807) is 0 Å². The molecule has 3 nitrogen and oxygen atoms in total. The van der Waals surface area contributed by atoms with E-state index < -0.39 is 0 Å². The Kier molecular flexibility index (Phi) is 42.6. The number of hydrogen-bond acceptors (Lipinski definition) is 3. The maximum Gasteiger partial charge on any atom is 0.00744 e. The third kappa shape index (κ3) is 48.7. The summed E-state index contributed by atoms with van der Waals surface area (Å²) >= 11 is 0. The predicted octanol–water partition coefficient (Wildman–Crippen LogP) is 1.33. The summed E-state index contributed by atoms with van der Waals surface area (Å²) in [7, 11) is 0. The van der Waals surface area contributed by atoms with Crippen LogP contribution in [0, 0.1) is 0 Å². The average Bonchev–Trinajstić information content (AvgIpc) is 2.22. The van der Waals surface area contributed by atoms with Crippen LogP contribution in [-0.2, 0) is 0 Å². The van der Waals surface area contributed by atoms with Gasteiger partial charge in [0, 0.05) is 13.1 Å². The van der Waals surface area contributed by atoms with E-state index in [-0.39, 0.29) is 0 Å². The Balaban J connectivity index is -0.000000142. The van der Waals surface area contributed by atoms with Crippen LogP contribution in [0.25, 0.3) is 0 Å². The van der Waals surface area contributed by atoms with Gasteiger partial charge >= 0.3 is 0 Å². The summed E-state index contributed by atoms with van der Waals surface area (Å²) in [5, 5.41) is 3.16. The van der Waals surface area contributed by atoms with Crippen molar-refractivity contribution in [1.82, 2.24) is 5.32 Å². The Bertz CT molecular complexity index is 43.4. The molecule has 0 amide bonds. The minimum absolute atomic E-state index is 0.750. The normalized spacial score (nSPS) is 7.85. The monoisotopic (exact) mass is 191 g/mol. The lowest BCUT2D eigenvalue weighted by atomic mass is 10.5. The van der Waals surface area contributed by atoms with Gasteiger partial charge in [0.1, 0.15) is 0 Å². The number of hydrogen-bond donors (Lipinski definition) is 3. The quantitative estimate of drug-likeness (QED) is 0.574. The molecule has 5 N–H and O–H groups in total. The van der Waals surface area contributed by atoms with Gasteiger partial charge in [0.15, 0.2) is 0 Å². The summed E-state index contributed by atoms with van der Waals surface area (Å²) < 4.78 is 0. The summed E-state index contributed by atoms with van der Waals surface area (Å²) in [6.07, 6.45) is 2.29. The molecule has 0 aromatic carbocycles. The standard InChI is InChI=1S/C5H14N2.C3H9N.C2H6/c1-2-4-7-5-3-6;1-2-3-4;1-2/h7H,2-6H2,1H3;2-4H2,1H3;1-2H3. The van der Waals surface area contributed by atoms with E-state index in [1.165, 1.54) is 6.42 Å². The second kappa shape index (κ2) is 29.7. The molecule has 0 spiro atoms. The number of rotatable bonds is 5. The molecule has 0 aromatic heterocycles. The van der Waals surface area contributed by atoms with Gasteiger partial charge in [0.05, 0.1) is 0 Å². The molecule has 0 aliphatic rings. The van der Waals surface area contributed by atoms with Crippen molar-refractivity contribution in [2.75, 3.05) is 26.2 Å². The zero-order chi connectivity index (χ0) is 10.9. The highest BCUT2D eigenvalue weighted by Crippen LogP contribution is 1.65. The van der Waals surface area contributed by atoms with Crippen molar-refractivity contribution in [2.45, 2.75) is 40.5 Å². The summed E-state index contributed by atoms with van der Waals surface area (Å²) in [5.74, 6) is 0. The number of nitrogens with one attached hydrogen (secondary N) is 1. The molecule has 0 saturated heterocycles. The van der Waals surface area contributed by atoms with Crippen LogP contribution in [0.3, 0.4) is 0 Å². The van der Waals surface area contributed by atoms with E-state index in [4.69, 9.17) is 11.5 Å². The lowest BCUT2D eigenvalue weighted by molar-refractivity contribution is 0.678. The van der Waals surface area contributed by atoms with Gasteiger partial charge in [-0.2, -0.15) is 0 Å². The first kappa shape index (κ1) is 18.6. The molecular weight excluding hydrogens is 162 g/mol. The highest BCUT2D eigenvalue weighted by atomic mass is 14.9. The van der Waals surface area contributed by atoms with Gasteiger partial charge in [-0.1, -0.05) is 27.7 Å². The van der Waals surface area contributed by atoms with Gasteiger partial charge in [0.2, 0.25) is 0 Å². The average molecular weight is 191 g/mol. The molecule has 13 heavy (non-hydrogen) atoms. The lowest BCUT2D eigenvalue weighted by Gasteiger charge is -1.95. The maximum absolute atomic E-state index is 5.21. The predicted molar refractivity (Wildman–Crippen MR) is 62.9 cm³/mol. The van der Waals surface area contributed by atoms with Crippen LogP contribution >= 0.6 is 0 Å². The summed E-state index contributed by atoms with van der Waals surface area (Å²) in [5.41, 5.74) is 10.2. The second-order valence-electron chi connectivity index (χ2n) is 2.33. The van der Waals surface area contributed by atoms with Crippen molar-refractivity contribution >= 4 is 0 Å². The fourth-order valence-electron chi connectivity index (χ4n) is 0.404. The van der Waals surface area contributed by atoms with E-state index in [0.717, 1.165) is 32.6 Å². The van der Waals surface area contributed by atoms with Crippen LogP contribution < -0.4 is 16.8 Å². The molecule has 0 fully saturated rings. The summed E-state index contributed by atoms with van der Waals surface area (Å²) in [6.45, 7) is 11.8. The highest BCUT2D eigenvalue weighted by molar-refractivity contribution is 4.42. The maximum atomic E-state index is 5.21. The molecule has 84 valence electrons. The minimum Gasteiger partial charge on any atom is -0.330 e. The van der Waals surface area contributed by atoms with Gasteiger partial charge in [-0.15, -0.1) is 0 Å². The van der Waals surface area contributed by atoms with E-state index in [0.29, 0.717) is 0 Å². The third-order valence-corrected chi connectivity index (χ3v) is 1.04. The van der Waals surface area contributed by atoms with Gasteiger partial charge in [0.25, 0.3) is 0 Å². The van der Waals surface area contributed by atoms with Crippen molar-refractivity contribution in [2.24, 2.45) is 11.5 Å². The van der Waals surface area contributed by atoms with E-state index in [2.05, 4.69) is 19.2 Å². The molecule has 0 atom stereocenters. The topological polar surface area (TPSA) is 64.1 Å². The van der Waals surface area contributed by atoms with E-state index >= 15 is 0 Å². The van der Waals surface area contributed by atoms with Crippen molar-refractivity contribution in [3.63, 3.8) is 0 Å². The second-order valence-corrected chi connectivity index (χ2v) is 2.33. The molecule has 0 heterocycles. The minimum atomic E-state index is 0.750. The van der Waals surface area contributed by atoms with E-state index in [1.807, 2.05) is 13.8 Å². The van der Waals surface area contributed by atoms with Crippen LogP contribution in [0.5, 0.6) is 0 Å². The fraction of sp³-hybridized carbons (Fsp3) is 1.00. The molecule has 0 aliphatic heterocycles. The molecule has 0 unspecified atom stereocenters. The van der Waals surface area contributed by atoms with E-state index in [9.17, 15) is 0 Å². The largest absolute Gasteiger partial charge is 0.330 e. The first-order valence-corrected chi connectivity index (χ1v) is 5.44. The zero-order valence-corrected chi connectivity index (χ0v) is 9.90. The highest BCUT2D eigenvalue weighted by Gasteiger charge is 1.76. The molecule has 0 bridgehead atoms. The lowest BCUT2D eigenvalue weighted by Crippen LogP contribution is -2.22. The van der Waals surface area contributed by atoms with Crippen molar-refractivity contribution in [1.29, 1.82) is 0 Å². The summed E-state index contributed by atoms with van der Waals surface area (Å²) in [6, 6.07) is 0. The Hall–Kier alpha value is -0.120. The van der Waals surface area contributed by atoms with Crippen LogP contribution in [0.2, 0.25) is 0 Å². The first-order valence-electron chi connectivity index (χ1n) is 5.44. The van der Waals surface area contributed by atoms with Crippen molar-refractivity contribution < 1.29 is 0 Å². The van der Waals surface area contributed by atoms with Crippen molar-refractivity contribution in [3.05, 3.63) is 0 Å². The zero-order valence-electron chi connectivity index (χ0n) is 9.90. The summed E-state index contributed by atoms with van der Waals surface area (Å²) in [4.78, 5) is 0. The number of nitrogens with two attached hydrogens (primary N) is 2. The molecule has 0 radical (unpaired) electrons. The molecule has 0 aromatic rings. The molecule has 0 saturated carbocycles. The van der Waals surface area contributed by atoms with Crippen molar-refractivity contribution in [3.8, 4) is 0 Å². The molecular formula is C10H29N3. The van der Waals surface area contributed by atoms with Gasteiger partial charge in [-0.05, 0) is 25.9 Å². The smallest absolute Gasteiger partial charge is 0.00744 e. The van der Waals surface area contributed by atoms with Gasteiger partial charge < -0.3 is 16.8 Å². The SMILES string of the molecule is CC.CCCN.CCCNCCN. The van der Waals surface area contributed by atoms with Crippen LogP contribution in [0.1, 0.15) is 40.5 Å². The Morgan fingerprint density at radius 3 is 1.54 bits per heavy atom. The molecule has 0 rings (SSSR count). The Morgan fingerprint density at radius 2 is 1.31 bits per heavy atom. The van der Waals surface area contributed by atoms with Crippen LogP contribution in [-0.4, -0.2) is 26.2 Å². The fourth-order valence-corrected chi connectivity index (χ4v) is 0.404. The van der Waals surface area contributed by atoms with Crippen LogP contribution in [0.15, 0.2) is 0 Å². The molecule has 0 aliphatic carbocycles. The third-order valence-electron chi connectivity index (χ3n) is 1.04. The van der Waals surface area contributed by atoms with Gasteiger partial charge in [-0.25, -0.2) is 0 Å². The Labute approximate surface area is 84.3 Å². The molecule has 3 heteroatoms. The first-order chi connectivity index (χ1) is 6.33. The van der Waals surface area contributed by atoms with Crippen LogP contribution in [0.4, 0.5) is 0 Å².